The summed E-state index contributed by atoms with van der Waals surface area (Å²) < 4.78 is 24.5. The minimum absolute atomic E-state index is 0.0531. The normalized spacial score (nSPS) is 51.1. The summed E-state index contributed by atoms with van der Waals surface area (Å²) in [6, 6.07) is 0.446. The summed E-state index contributed by atoms with van der Waals surface area (Å²) in [5.74, 6) is 0.712. The van der Waals surface area contributed by atoms with Crippen LogP contribution in [-0.4, -0.2) is 59.7 Å². The van der Waals surface area contributed by atoms with Crippen LogP contribution < -0.4 is 0 Å². The van der Waals surface area contributed by atoms with Gasteiger partial charge in [0, 0.05) is 17.9 Å². The van der Waals surface area contributed by atoms with Crippen LogP contribution in [0.4, 0.5) is 0 Å². The zero-order valence-electron chi connectivity index (χ0n) is 17.3. The Morgan fingerprint density at radius 1 is 1.38 bits per heavy atom. The summed E-state index contributed by atoms with van der Waals surface area (Å²) in [5.41, 5.74) is 0.261. The number of unbranched alkanes of at least 4 members (excludes halogenated alkanes) is 1. The highest BCUT2D eigenvalue weighted by Gasteiger charge is 2.84. The molecule has 6 aliphatic rings. The van der Waals surface area contributed by atoms with Gasteiger partial charge in [-0.2, -0.15) is 0 Å². The largest absolute Gasteiger partial charge is 0.492 e. The van der Waals surface area contributed by atoms with E-state index in [1.54, 1.807) is 0 Å². The Balaban J connectivity index is 1.46. The van der Waals surface area contributed by atoms with Crippen molar-refractivity contribution in [3.63, 3.8) is 0 Å². The molecule has 8 atom stereocenters. The number of methoxy groups -OCH3 is 1. The average Bonchev–Trinajstić information content (AvgIpc) is 3.42. The first-order valence-corrected chi connectivity index (χ1v) is 11.0. The number of allylic oxidation sites excluding steroid dienone is 1. The van der Waals surface area contributed by atoms with Gasteiger partial charge in [-0.1, -0.05) is 26.7 Å². The van der Waals surface area contributed by atoms with Gasteiger partial charge in [0.2, 0.25) is 11.5 Å². The van der Waals surface area contributed by atoms with Crippen molar-refractivity contribution in [3.05, 3.63) is 22.9 Å². The van der Waals surface area contributed by atoms with Crippen LogP contribution in [0.25, 0.3) is 0 Å². The Bertz CT molecular complexity index is 850. The number of hydrogen-bond donors (Lipinski definition) is 1. The highest BCUT2D eigenvalue weighted by atomic mass is 16.7. The number of carbonyl (C=O) groups excluding carboxylic acids is 1. The first-order valence-electron chi connectivity index (χ1n) is 11.0. The fourth-order valence-corrected chi connectivity index (χ4v) is 7.69. The lowest BCUT2D eigenvalue weighted by molar-refractivity contribution is -0.256. The monoisotopic (exact) mass is 403 g/mol. The number of rotatable bonds is 5. The van der Waals surface area contributed by atoms with E-state index in [-0.39, 0.29) is 29.1 Å². The molecule has 0 aromatic heterocycles. The molecule has 5 bridgehead atoms. The Labute approximate surface area is 170 Å². The first-order chi connectivity index (χ1) is 14.0. The lowest BCUT2D eigenvalue weighted by Crippen LogP contribution is -2.61. The number of carbonyl (C=O) groups is 1. The van der Waals surface area contributed by atoms with Crippen molar-refractivity contribution < 1.29 is 28.8 Å². The summed E-state index contributed by atoms with van der Waals surface area (Å²) in [6.45, 7) is 5.11. The SMILES string of the molecule is CCCC[C@@]12[C@@H]3C[C@H]4[C@H]5[C@H](C)/C(=C6\OC(=O)C(CO)=C6OC)O[C@@]5(O3)[C@@H]1CCN42. The molecule has 0 radical (unpaired) electrons. The van der Waals surface area contributed by atoms with Gasteiger partial charge in [0.25, 0.3) is 0 Å². The molecule has 0 saturated carbocycles. The Morgan fingerprint density at radius 2 is 2.21 bits per heavy atom. The molecule has 5 saturated heterocycles. The molecule has 6 aliphatic heterocycles. The molecule has 0 aliphatic carbocycles. The van der Waals surface area contributed by atoms with Crippen molar-refractivity contribution in [2.75, 3.05) is 20.3 Å². The van der Waals surface area contributed by atoms with Crippen molar-refractivity contribution in [3.8, 4) is 0 Å². The molecular weight excluding hydrogens is 374 g/mol. The lowest BCUT2D eigenvalue weighted by atomic mass is 9.69. The second-order valence-electron chi connectivity index (χ2n) is 9.43. The summed E-state index contributed by atoms with van der Waals surface area (Å²) in [5, 5.41) is 9.59. The third-order valence-electron chi connectivity index (χ3n) is 8.56. The molecule has 7 heteroatoms. The van der Waals surface area contributed by atoms with Crippen molar-refractivity contribution in [1.82, 2.24) is 4.90 Å². The maximum absolute atomic E-state index is 12.2. The molecule has 29 heavy (non-hydrogen) atoms. The van der Waals surface area contributed by atoms with Crippen LogP contribution in [0.3, 0.4) is 0 Å². The molecule has 1 N–H and O–H groups in total. The molecule has 5 fully saturated rings. The van der Waals surface area contributed by atoms with Crippen LogP contribution in [-0.2, 0) is 23.7 Å². The molecule has 0 aromatic carbocycles. The third-order valence-corrected chi connectivity index (χ3v) is 8.56. The van der Waals surface area contributed by atoms with E-state index in [9.17, 15) is 9.90 Å². The molecule has 6 rings (SSSR count). The summed E-state index contributed by atoms with van der Waals surface area (Å²) in [4.78, 5) is 15.0. The van der Waals surface area contributed by atoms with Crippen molar-refractivity contribution in [2.24, 2.45) is 17.8 Å². The average molecular weight is 403 g/mol. The van der Waals surface area contributed by atoms with Gasteiger partial charge in [-0.25, -0.2) is 4.79 Å². The molecule has 0 aromatic rings. The van der Waals surface area contributed by atoms with Crippen molar-refractivity contribution in [2.45, 2.75) is 69.4 Å². The lowest BCUT2D eigenvalue weighted by Gasteiger charge is -2.48. The highest BCUT2D eigenvalue weighted by Crippen LogP contribution is 2.73. The van der Waals surface area contributed by atoms with E-state index >= 15 is 0 Å². The summed E-state index contributed by atoms with van der Waals surface area (Å²) in [6.07, 6.45) is 5.95. The van der Waals surface area contributed by atoms with E-state index in [1.807, 2.05) is 0 Å². The van der Waals surface area contributed by atoms with E-state index in [0.29, 0.717) is 29.2 Å². The van der Waals surface area contributed by atoms with Crippen LogP contribution in [0, 0.1) is 17.8 Å². The van der Waals surface area contributed by atoms with E-state index in [1.165, 1.54) is 26.4 Å². The van der Waals surface area contributed by atoms with Crippen LogP contribution in [0.2, 0.25) is 0 Å². The number of hydrogen-bond acceptors (Lipinski definition) is 7. The van der Waals surface area contributed by atoms with Gasteiger partial charge in [-0.05, 0) is 25.8 Å². The molecular formula is C22H29NO6. The van der Waals surface area contributed by atoms with E-state index < -0.39 is 18.4 Å². The Morgan fingerprint density at radius 3 is 2.93 bits per heavy atom. The van der Waals surface area contributed by atoms with Gasteiger partial charge >= 0.3 is 5.97 Å². The quantitative estimate of drug-likeness (QED) is 0.704. The maximum atomic E-state index is 12.2. The number of piperidine rings is 1. The van der Waals surface area contributed by atoms with Crippen LogP contribution in [0.15, 0.2) is 22.9 Å². The smallest absolute Gasteiger partial charge is 0.345 e. The van der Waals surface area contributed by atoms with Gasteiger partial charge < -0.3 is 24.1 Å². The minimum Gasteiger partial charge on any atom is -0.492 e. The van der Waals surface area contributed by atoms with Gasteiger partial charge in [0.05, 0.1) is 31.3 Å². The van der Waals surface area contributed by atoms with Crippen LogP contribution in [0.5, 0.6) is 0 Å². The van der Waals surface area contributed by atoms with Gasteiger partial charge in [-0.3, -0.25) is 4.90 Å². The zero-order valence-corrected chi connectivity index (χ0v) is 17.3. The summed E-state index contributed by atoms with van der Waals surface area (Å²) >= 11 is 0. The fraction of sp³-hybridized carbons (Fsp3) is 0.773. The van der Waals surface area contributed by atoms with E-state index in [4.69, 9.17) is 18.9 Å². The second kappa shape index (κ2) is 5.77. The number of aliphatic hydroxyl groups is 1. The van der Waals surface area contributed by atoms with E-state index in [2.05, 4.69) is 18.7 Å². The molecule has 158 valence electrons. The molecule has 0 amide bonds. The zero-order chi connectivity index (χ0) is 20.1. The fourth-order valence-electron chi connectivity index (χ4n) is 7.69. The predicted octanol–water partition coefficient (Wildman–Crippen LogP) is 2.06. The van der Waals surface area contributed by atoms with Crippen LogP contribution >= 0.6 is 0 Å². The van der Waals surface area contributed by atoms with Crippen molar-refractivity contribution >= 4 is 5.97 Å². The molecule has 6 heterocycles. The number of nitrogens with zero attached hydrogens (tertiary/aromatic N) is 1. The maximum Gasteiger partial charge on any atom is 0.345 e. The minimum atomic E-state index is -0.622. The Kier molecular flexibility index (Phi) is 3.62. The summed E-state index contributed by atoms with van der Waals surface area (Å²) in [7, 11) is 1.49. The topological polar surface area (TPSA) is 77.5 Å². The number of aliphatic hydroxyl groups excluding tert-OH is 1. The molecule has 7 nitrogen and oxygen atoms in total. The first kappa shape index (κ1) is 18.2. The van der Waals surface area contributed by atoms with E-state index in [0.717, 1.165) is 19.4 Å². The number of esters is 1. The molecule has 1 spiro atoms. The van der Waals surface area contributed by atoms with Crippen molar-refractivity contribution in [1.29, 1.82) is 0 Å². The Hall–Kier alpha value is -1.57. The molecule has 1 unspecified atom stereocenters. The predicted molar refractivity (Wildman–Crippen MR) is 101 cm³/mol. The standard InChI is InChI=1S/C22H29NO6/c1-4-5-7-21-14-6-8-23(21)13-9-15(21)28-22(14)16(13)11(2)17(29-22)19-18(26-3)12(10-24)20(25)27-19/h11,13-16,24H,4-10H2,1-3H3/b19-17+/t11-,13-,14+,15-,16+,21-,22-/m0/s1. The highest BCUT2D eigenvalue weighted by molar-refractivity contribution is 5.94. The van der Waals surface area contributed by atoms with Gasteiger partial charge in [0.15, 0.2) is 5.76 Å². The van der Waals surface area contributed by atoms with Gasteiger partial charge in [-0.15, -0.1) is 0 Å². The van der Waals surface area contributed by atoms with Gasteiger partial charge in [0.1, 0.15) is 11.3 Å². The number of cyclic esters (lactones) is 1. The third kappa shape index (κ3) is 1.85. The van der Waals surface area contributed by atoms with Crippen LogP contribution in [0.1, 0.15) is 46.0 Å². The number of fused-ring (bicyclic) bond motifs is 1. The number of ether oxygens (including phenoxy) is 4. The second-order valence-corrected chi connectivity index (χ2v) is 9.43.